The first-order valence-corrected chi connectivity index (χ1v) is 22.4. The third-order valence-electron chi connectivity index (χ3n) is 12.8. The topological polar surface area (TPSA) is 242 Å². The molecule has 4 aromatic rings. The number of hydrogen-bond donors (Lipinski definition) is 8. The standard InChI is InChI=1S/C25H33ClN6O4.C19H21ClN4O4/c26-21-9-16(1-2-17(21)14-33)11-28-23-20(24(35)27-3-4-31-5-7-36-8-6-31)12-29-25(30-23)32-13-18-10-19(18)22(32)15-34;20-15-3-10(1-2-11(15)8-25)5-21-17-14(18(27)28)6-22-19(23-17)24-7-12-4-13(12)16(24)9-26/h1-2,9,12,18-19,22,33-34H,3-8,10-11,13-15H2,(H,27,35)(H,28,29,30);1-3,6,12-13,16,25-26H,4-5,7-9H2,(H,27,28)(H,21,22,23). The Balaban J connectivity index is 0.000000181. The van der Waals surface area contributed by atoms with Crippen LogP contribution in [0.5, 0.6) is 0 Å². The van der Waals surface area contributed by atoms with Gasteiger partial charge in [0.05, 0.1) is 51.7 Å². The number of morpholine rings is 1. The number of aromatic nitrogens is 4. The van der Waals surface area contributed by atoms with Crippen LogP contribution in [0, 0.1) is 23.7 Å². The number of halogens is 2. The van der Waals surface area contributed by atoms with Crippen LogP contribution in [0.1, 0.15) is 55.8 Å². The number of nitrogens with one attached hydrogen (secondary N) is 3. The summed E-state index contributed by atoms with van der Waals surface area (Å²) in [5.41, 5.74) is 3.35. The van der Waals surface area contributed by atoms with E-state index in [1.54, 1.807) is 30.5 Å². The summed E-state index contributed by atoms with van der Waals surface area (Å²) in [6, 6.07) is 10.7. The van der Waals surface area contributed by atoms with E-state index in [9.17, 15) is 35.1 Å². The highest BCUT2D eigenvalue weighted by Gasteiger charge is 2.54. The van der Waals surface area contributed by atoms with Crippen LogP contribution in [0.25, 0.3) is 0 Å². The monoisotopic (exact) mass is 920 g/mol. The fourth-order valence-corrected chi connectivity index (χ4v) is 9.49. The molecule has 0 radical (unpaired) electrons. The van der Waals surface area contributed by atoms with Gasteiger partial charge in [0.25, 0.3) is 5.91 Å². The van der Waals surface area contributed by atoms with Crippen LogP contribution in [0.3, 0.4) is 0 Å². The van der Waals surface area contributed by atoms with Gasteiger partial charge in [-0.2, -0.15) is 9.97 Å². The number of fused-ring (bicyclic) bond motifs is 2. The zero-order valence-corrected chi connectivity index (χ0v) is 36.8. The minimum Gasteiger partial charge on any atom is -0.477 e. The van der Waals surface area contributed by atoms with Crippen molar-refractivity contribution < 1.29 is 39.9 Å². The van der Waals surface area contributed by atoms with Gasteiger partial charge in [-0.25, -0.2) is 14.8 Å². The van der Waals surface area contributed by atoms with Crippen molar-refractivity contribution in [3.05, 3.63) is 92.2 Å². The molecular formula is C44H54Cl2N10O8. The molecule has 2 aliphatic carbocycles. The SMILES string of the molecule is O=C(NCCN1CCOCC1)c1cnc(N2CC3CC3C2CO)nc1NCc1ccc(CO)c(Cl)c1.O=C(O)c1cnc(N2CC3CC3C2CO)nc1NCc1ccc(CO)c(Cl)c1. The summed E-state index contributed by atoms with van der Waals surface area (Å²) < 4.78 is 5.38. The Morgan fingerprint density at radius 3 is 1.70 bits per heavy atom. The zero-order chi connectivity index (χ0) is 44.9. The van der Waals surface area contributed by atoms with Crippen molar-refractivity contribution in [2.45, 2.75) is 51.2 Å². The summed E-state index contributed by atoms with van der Waals surface area (Å²) in [5, 5.41) is 57.9. The van der Waals surface area contributed by atoms with Crippen molar-refractivity contribution in [1.29, 1.82) is 0 Å². The highest BCUT2D eigenvalue weighted by atomic mass is 35.5. The van der Waals surface area contributed by atoms with Gasteiger partial charge >= 0.3 is 5.97 Å². The molecule has 0 bridgehead atoms. The van der Waals surface area contributed by atoms with Crippen LogP contribution >= 0.6 is 23.2 Å². The maximum Gasteiger partial charge on any atom is 0.341 e. The van der Waals surface area contributed by atoms with Gasteiger partial charge in [0.2, 0.25) is 11.9 Å². The smallest absolute Gasteiger partial charge is 0.341 e. The predicted octanol–water partition coefficient (Wildman–Crippen LogP) is 2.86. The number of ether oxygens (including phenoxy) is 1. The molecular weight excluding hydrogens is 867 g/mol. The van der Waals surface area contributed by atoms with Gasteiger partial charge in [0.1, 0.15) is 22.8 Å². The minimum absolute atomic E-state index is 0.0147. The number of nitrogens with zero attached hydrogens (tertiary/aromatic N) is 7. The quantitative estimate of drug-likeness (QED) is 0.0760. The van der Waals surface area contributed by atoms with Crippen molar-refractivity contribution in [3.63, 3.8) is 0 Å². The molecule has 5 heterocycles. The summed E-state index contributed by atoms with van der Waals surface area (Å²) in [6.45, 7) is 6.55. The lowest BCUT2D eigenvalue weighted by molar-refractivity contribution is 0.0383. The minimum atomic E-state index is -1.12. The third-order valence-corrected chi connectivity index (χ3v) is 13.5. The summed E-state index contributed by atoms with van der Waals surface area (Å²) in [4.78, 5) is 48.8. The molecule has 9 rings (SSSR count). The van der Waals surface area contributed by atoms with Crippen LogP contribution in [-0.2, 0) is 31.0 Å². The number of carbonyl (C=O) groups excluding carboxylic acids is 1. The molecule has 3 saturated heterocycles. The predicted molar refractivity (Wildman–Crippen MR) is 240 cm³/mol. The lowest BCUT2D eigenvalue weighted by atomic mass is 10.1. The average Bonchev–Trinajstić information content (AvgIpc) is 4.20. The molecule has 2 aromatic heterocycles. The van der Waals surface area contributed by atoms with Crippen LogP contribution in [0.15, 0.2) is 48.8 Å². The highest BCUT2D eigenvalue weighted by molar-refractivity contribution is 6.31. The Bertz CT molecular complexity index is 2310. The number of aromatic carboxylic acids is 1. The maximum atomic E-state index is 13.1. The molecule has 6 atom stereocenters. The molecule has 20 heteroatoms. The molecule has 64 heavy (non-hydrogen) atoms. The van der Waals surface area contributed by atoms with Gasteiger partial charge in [0.15, 0.2) is 0 Å². The Morgan fingerprint density at radius 1 is 0.734 bits per heavy atom. The summed E-state index contributed by atoms with van der Waals surface area (Å²) in [6.07, 6.45) is 5.12. The number of aliphatic hydroxyl groups is 4. The second-order valence-corrected chi connectivity index (χ2v) is 17.7. The van der Waals surface area contributed by atoms with E-state index in [1.165, 1.54) is 6.20 Å². The van der Waals surface area contributed by atoms with E-state index in [0.29, 0.717) is 101 Å². The average molecular weight is 922 g/mol. The van der Waals surface area contributed by atoms with Gasteiger partial charge < -0.3 is 56.0 Å². The first-order chi connectivity index (χ1) is 31.1. The summed E-state index contributed by atoms with van der Waals surface area (Å²) in [5.74, 6) is 2.33. The van der Waals surface area contributed by atoms with E-state index in [2.05, 4.69) is 40.7 Å². The number of carboxylic acids is 1. The number of piperidine rings is 2. The number of rotatable bonds is 17. The van der Waals surface area contributed by atoms with Crippen LogP contribution in [0.2, 0.25) is 10.0 Å². The molecule has 2 aromatic carbocycles. The summed E-state index contributed by atoms with van der Waals surface area (Å²) >= 11 is 12.4. The Kier molecular flexibility index (Phi) is 14.6. The van der Waals surface area contributed by atoms with Gasteiger partial charge in [-0.15, -0.1) is 0 Å². The van der Waals surface area contributed by atoms with E-state index >= 15 is 0 Å². The molecule has 0 spiro atoms. The van der Waals surface area contributed by atoms with Gasteiger partial charge in [-0.1, -0.05) is 47.5 Å². The van der Waals surface area contributed by atoms with Crippen molar-refractivity contribution >= 4 is 58.6 Å². The molecule has 18 nitrogen and oxygen atoms in total. The number of aliphatic hydroxyl groups excluding tert-OH is 4. The zero-order valence-electron chi connectivity index (χ0n) is 35.2. The van der Waals surface area contributed by atoms with E-state index in [4.69, 9.17) is 32.9 Å². The van der Waals surface area contributed by atoms with Crippen molar-refractivity contribution in [3.8, 4) is 0 Å². The molecule has 6 unspecified atom stereocenters. The molecule has 342 valence electrons. The lowest BCUT2D eigenvalue weighted by Crippen LogP contribution is -2.41. The van der Waals surface area contributed by atoms with Crippen LogP contribution < -0.4 is 25.8 Å². The largest absolute Gasteiger partial charge is 0.477 e. The molecule has 3 aliphatic heterocycles. The van der Waals surface area contributed by atoms with E-state index in [0.717, 1.165) is 56.7 Å². The van der Waals surface area contributed by atoms with Crippen LogP contribution in [-0.4, -0.2) is 140 Å². The van der Waals surface area contributed by atoms with Crippen molar-refractivity contribution in [2.24, 2.45) is 23.7 Å². The number of benzene rings is 2. The number of anilines is 4. The Labute approximate surface area is 380 Å². The number of carbonyl (C=O) groups is 2. The van der Waals surface area contributed by atoms with Gasteiger partial charge in [-0.05, 0) is 70.9 Å². The summed E-state index contributed by atoms with van der Waals surface area (Å²) in [7, 11) is 0. The number of carboxylic acid groups (broad SMARTS) is 1. The van der Waals surface area contributed by atoms with E-state index in [1.807, 2.05) is 17.0 Å². The molecule has 8 N–H and O–H groups in total. The first kappa shape index (κ1) is 45.6. The molecule has 1 amide bonds. The Morgan fingerprint density at radius 2 is 1.23 bits per heavy atom. The second kappa shape index (κ2) is 20.5. The molecule has 5 fully saturated rings. The maximum absolute atomic E-state index is 13.1. The molecule has 2 saturated carbocycles. The fourth-order valence-electron chi connectivity index (χ4n) is 8.96. The van der Waals surface area contributed by atoms with Crippen molar-refractivity contribution in [2.75, 3.05) is 86.1 Å². The number of hydrogen-bond acceptors (Lipinski definition) is 16. The second-order valence-electron chi connectivity index (χ2n) is 16.9. The third kappa shape index (κ3) is 10.4. The first-order valence-electron chi connectivity index (χ1n) is 21.6. The van der Waals surface area contributed by atoms with Crippen LogP contribution in [0.4, 0.5) is 23.5 Å². The molecule has 5 aliphatic rings. The van der Waals surface area contributed by atoms with Gasteiger partial charge in [0, 0.05) is 74.8 Å². The Hall–Kier alpha value is -4.92. The van der Waals surface area contributed by atoms with Gasteiger partial charge in [-0.3, -0.25) is 9.69 Å². The normalized spacial score (nSPS) is 23.2. The van der Waals surface area contributed by atoms with E-state index in [-0.39, 0.29) is 55.8 Å². The van der Waals surface area contributed by atoms with Crippen molar-refractivity contribution in [1.82, 2.24) is 30.2 Å². The fraction of sp³-hybridized carbons (Fsp3) is 0.500. The lowest BCUT2D eigenvalue weighted by Gasteiger charge is -2.27. The van der Waals surface area contributed by atoms with E-state index < -0.39 is 5.97 Å². The number of amides is 1. The highest BCUT2D eigenvalue weighted by Crippen LogP contribution is 2.51.